The van der Waals surface area contributed by atoms with Gasteiger partial charge in [0.25, 0.3) is 0 Å². The van der Waals surface area contributed by atoms with Gasteiger partial charge in [0.1, 0.15) is 12.2 Å². The molecule has 0 aliphatic rings. The van der Waals surface area contributed by atoms with Crippen molar-refractivity contribution in [1.29, 1.82) is 0 Å². The van der Waals surface area contributed by atoms with E-state index in [1.807, 2.05) is 0 Å². The van der Waals surface area contributed by atoms with Gasteiger partial charge in [0.2, 0.25) is 5.75 Å². The normalized spacial score (nSPS) is 11.9. The first-order valence-corrected chi connectivity index (χ1v) is 4.82. The number of ether oxygens (including phenoxy) is 1. The van der Waals surface area contributed by atoms with Crippen LogP contribution in [0.3, 0.4) is 0 Å². The molecular weight excluding hydrogens is 228 g/mol. The number of nitro groups is 1. The number of nitrogens with zero attached hydrogens (tertiary/aromatic N) is 1. The molecule has 7 nitrogen and oxygen atoms in total. The summed E-state index contributed by atoms with van der Waals surface area (Å²) in [5, 5.41) is 19.6. The number of carboxylic acids is 1. The maximum absolute atomic E-state index is 10.9. The Hall–Kier alpha value is -2.15. The summed E-state index contributed by atoms with van der Waals surface area (Å²) >= 11 is 0. The zero-order valence-corrected chi connectivity index (χ0v) is 9.12. The minimum atomic E-state index is -1.28. The first kappa shape index (κ1) is 12.9. The van der Waals surface area contributed by atoms with Crippen molar-refractivity contribution in [1.82, 2.24) is 0 Å². The Bertz CT molecular complexity index is 412. The van der Waals surface area contributed by atoms with Crippen molar-refractivity contribution in [2.24, 2.45) is 5.73 Å². The van der Waals surface area contributed by atoms with Crippen molar-refractivity contribution in [2.75, 3.05) is 6.61 Å². The van der Waals surface area contributed by atoms with Crippen LogP contribution < -0.4 is 10.5 Å². The summed E-state index contributed by atoms with van der Waals surface area (Å²) in [5.74, 6) is -1.55. The lowest BCUT2D eigenvalue weighted by Gasteiger charge is -2.11. The Labute approximate surface area is 97.0 Å². The van der Waals surface area contributed by atoms with Crippen LogP contribution in [0.15, 0.2) is 18.2 Å². The van der Waals surface area contributed by atoms with Gasteiger partial charge in [0, 0.05) is 12.1 Å². The van der Waals surface area contributed by atoms with E-state index < -0.39 is 10.9 Å². The molecule has 7 heteroatoms. The molecule has 0 saturated heterocycles. The number of nitro benzene ring substituents is 1. The smallest absolute Gasteiger partial charge is 0.339 e. The van der Waals surface area contributed by atoms with E-state index >= 15 is 0 Å². The Balaban J connectivity index is 3.19. The number of benzene rings is 1. The van der Waals surface area contributed by atoms with Crippen LogP contribution >= 0.6 is 0 Å². The third-order valence-corrected chi connectivity index (χ3v) is 1.91. The van der Waals surface area contributed by atoms with Gasteiger partial charge in [-0.3, -0.25) is 10.1 Å². The molecule has 0 radical (unpaired) electrons. The molecule has 1 rings (SSSR count). The Morgan fingerprint density at radius 2 is 2.29 bits per heavy atom. The van der Waals surface area contributed by atoms with E-state index in [-0.39, 0.29) is 29.6 Å². The fraction of sp³-hybridized carbons (Fsp3) is 0.300. The molecule has 3 N–H and O–H groups in total. The zero-order valence-electron chi connectivity index (χ0n) is 9.12. The highest BCUT2D eigenvalue weighted by atomic mass is 16.6. The minimum Gasteiger partial charge on any atom is -0.485 e. The minimum absolute atomic E-state index is 0.00509. The monoisotopic (exact) mass is 240 g/mol. The van der Waals surface area contributed by atoms with E-state index in [1.165, 1.54) is 18.2 Å². The zero-order chi connectivity index (χ0) is 13.0. The van der Waals surface area contributed by atoms with Crippen molar-refractivity contribution < 1.29 is 19.6 Å². The molecule has 0 heterocycles. The van der Waals surface area contributed by atoms with Gasteiger partial charge < -0.3 is 15.6 Å². The quantitative estimate of drug-likeness (QED) is 0.586. The molecule has 0 spiro atoms. The summed E-state index contributed by atoms with van der Waals surface area (Å²) in [7, 11) is 0. The summed E-state index contributed by atoms with van der Waals surface area (Å²) in [6.45, 7) is 1.65. The molecular formula is C10H12N2O5. The third kappa shape index (κ3) is 3.15. The van der Waals surface area contributed by atoms with E-state index in [1.54, 1.807) is 6.92 Å². The standard InChI is InChI=1S/C10H12N2O5/c1-6(11)5-17-9-7(10(13)14)3-2-4-8(9)12(15)16/h2-4,6H,5,11H2,1H3,(H,13,14). The lowest BCUT2D eigenvalue weighted by atomic mass is 10.1. The van der Waals surface area contributed by atoms with Crippen LogP contribution in [-0.2, 0) is 0 Å². The highest BCUT2D eigenvalue weighted by Crippen LogP contribution is 2.30. The lowest BCUT2D eigenvalue weighted by Crippen LogP contribution is -2.24. The van der Waals surface area contributed by atoms with Crippen LogP contribution in [0.1, 0.15) is 17.3 Å². The second-order valence-electron chi connectivity index (χ2n) is 3.50. The third-order valence-electron chi connectivity index (χ3n) is 1.91. The number of hydrogen-bond donors (Lipinski definition) is 2. The van der Waals surface area contributed by atoms with Gasteiger partial charge in [-0.25, -0.2) is 4.79 Å². The number of para-hydroxylation sites is 1. The summed E-state index contributed by atoms with van der Waals surface area (Å²) < 4.78 is 5.10. The summed E-state index contributed by atoms with van der Waals surface area (Å²) in [5.41, 5.74) is 4.82. The van der Waals surface area contributed by atoms with Gasteiger partial charge in [0.15, 0.2) is 0 Å². The number of nitrogens with two attached hydrogens (primary N) is 1. The fourth-order valence-electron chi connectivity index (χ4n) is 1.20. The van der Waals surface area contributed by atoms with E-state index in [0.29, 0.717) is 0 Å². The molecule has 0 fully saturated rings. The molecule has 0 aromatic heterocycles. The van der Waals surface area contributed by atoms with E-state index in [9.17, 15) is 14.9 Å². The fourth-order valence-corrected chi connectivity index (χ4v) is 1.20. The second-order valence-corrected chi connectivity index (χ2v) is 3.50. The Morgan fingerprint density at radius 1 is 1.65 bits per heavy atom. The molecule has 17 heavy (non-hydrogen) atoms. The molecule has 0 amide bonds. The molecule has 0 saturated carbocycles. The Morgan fingerprint density at radius 3 is 2.76 bits per heavy atom. The Kier molecular flexibility index (Phi) is 4.00. The topological polar surface area (TPSA) is 116 Å². The van der Waals surface area contributed by atoms with Gasteiger partial charge in [-0.15, -0.1) is 0 Å². The highest BCUT2D eigenvalue weighted by Gasteiger charge is 2.23. The summed E-state index contributed by atoms with van der Waals surface area (Å²) in [6.07, 6.45) is 0. The van der Waals surface area contributed by atoms with E-state index in [2.05, 4.69) is 0 Å². The van der Waals surface area contributed by atoms with Crippen LogP contribution in [0.2, 0.25) is 0 Å². The molecule has 1 atom stereocenters. The molecule has 1 unspecified atom stereocenters. The summed E-state index contributed by atoms with van der Waals surface area (Å²) in [4.78, 5) is 21.0. The van der Waals surface area contributed by atoms with Crippen LogP contribution in [-0.4, -0.2) is 28.6 Å². The molecule has 92 valence electrons. The van der Waals surface area contributed by atoms with E-state index in [0.717, 1.165) is 0 Å². The van der Waals surface area contributed by atoms with Gasteiger partial charge in [-0.05, 0) is 13.0 Å². The van der Waals surface area contributed by atoms with Crippen LogP contribution in [0.4, 0.5) is 5.69 Å². The molecule has 0 bridgehead atoms. The molecule has 1 aromatic rings. The molecule has 0 aliphatic heterocycles. The van der Waals surface area contributed by atoms with E-state index in [4.69, 9.17) is 15.6 Å². The number of rotatable bonds is 5. The van der Waals surface area contributed by atoms with Gasteiger partial charge in [0.05, 0.1) is 4.92 Å². The SMILES string of the molecule is CC(N)COc1c(C(=O)O)cccc1[N+](=O)[O-]. The van der Waals surface area contributed by atoms with Crippen molar-refractivity contribution in [3.8, 4) is 5.75 Å². The predicted octanol–water partition coefficient (Wildman–Crippen LogP) is 1.02. The van der Waals surface area contributed by atoms with Crippen molar-refractivity contribution in [3.05, 3.63) is 33.9 Å². The first-order valence-electron chi connectivity index (χ1n) is 4.82. The molecule has 1 aromatic carbocycles. The van der Waals surface area contributed by atoms with Crippen molar-refractivity contribution in [2.45, 2.75) is 13.0 Å². The van der Waals surface area contributed by atoms with Gasteiger partial charge >= 0.3 is 11.7 Å². The average molecular weight is 240 g/mol. The number of hydrogen-bond acceptors (Lipinski definition) is 5. The summed E-state index contributed by atoms with van der Waals surface area (Å²) in [6, 6.07) is 3.37. The van der Waals surface area contributed by atoms with Crippen LogP contribution in [0.5, 0.6) is 5.75 Å². The second kappa shape index (κ2) is 5.26. The number of carboxylic acid groups (broad SMARTS) is 1. The predicted molar refractivity (Wildman–Crippen MR) is 59.2 cm³/mol. The maximum atomic E-state index is 10.9. The molecule has 0 aliphatic carbocycles. The number of aromatic carboxylic acids is 1. The van der Waals surface area contributed by atoms with Crippen molar-refractivity contribution >= 4 is 11.7 Å². The maximum Gasteiger partial charge on any atom is 0.339 e. The van der Waals surface area contributed by atoms with Crippen LogP contribution in [0.25, 0.3) is 0 Å². The lowest BCUT2D eigenvalue weighted by molar-refractivity contribution is -0.385. The number of carbonyl (C=O) groups is 1. The highest BCUT2D eigenvalue weighted by molar-refractivity contribution is 5.92. The first-order chi connectivity index (χ1) is 7.93. The average Bonchev–Trinajstić information content (AvgIpc) is 2.25. The van der Waals surface area contributed by atoms with Crippen molar-refractivity contribution in [3.63, 3.8) is 0 Å². The van der Waals surface area contributed by atoms with Gasteiger partial charge in [-0.2, -0.15) is 0 Å². The van der Waals surface area contributed by atoms with Gasteiger partial charge in [-0.1, -0.05) is 6.07 Å². The van der Waals surface area contributed by atoms with Crippen LogP contribution in [0, 0.1) is 10.1 Å². The largest absolute Gasteiger partial charge is 0.485 e.